The highest BCUT2D eigenvalue weighted by atomic mass is 32.1. The first-order valence-corrected chi connectivity index (χ1v) is 9.44. The van der Waals surface area contributed by atoms with Crippen molar-refractivity contribution in [2.24, 2.45) is 0 Å². The third-order valence-electron chi connectivity index (χ3n) is 3.29. The number of ether oxygens (including phenoxy) is 1. The molecule has 0 unspecified atom stereocenters. The van der Waals surface area contributed by atoms with Gasteiger partial charge in [-0.05, 0) is 43.5 Å². The van der Waals surface area contributed by atoms with Gasteiger partial charge in [0.1, 0.15) is 5.00 Å². The number of thiophene rings is 1. The van der Waals surface area contributed by atoms with E-state index in [4.69, 9.17) is 4.74 Å². The number of benzene rings is 1. The molecular weight excluding hydrogens is 374 g/mol. The predicted octanol–water partition coefficient (Wildman–Crippen LogP) is 3.88. The van der Waals surface area contributed by atoms with Crippen molar-refractivity contribution in [1.29, 1.82) is 0 Å². The van der Waals surface area contributed by atoms with Crippen LogP contribution in [-0.4, -0.2) is 29.0 Å². The van der Waals surface area contributed by atoms with Gasteiger partial charge in [0.05, 0.1) is 27.4 Å². The second kappa shape index (κ2) is 7.63. The molecule has 3 aromatic rings. The number of anilines is 1. The number of rotatable bonds is 4. The predicted molar refractivity (Wildman–Crippen MR) is 101 cm³/mol. The molecule has 1 aromatic carbocycles. The third-order valence-corrected chi connectivity index (χ3v) is 4.91. The molecule has 0 spiro atoms. The molecule has 0 saturated carbocycles. The van der Waals surface area contributed by atoms with Gasteiger partial charge in [-0.1, -0.05) is 0 Å². The maximum Gasteiger partial charge on any atom is 0.414 e. The number of hydrogen-bond acceptors (Lipinski definition) is 7. The zero-order valence-corrected chi connectivity index (χ0v) is 15.6. The Hall–Kier alpha value is -2.78. The minimum Gasteiger partial charge on any atom is -0.447 e. The Balaban J connectivity index is 1.72. The summed E-state index contributed by atoms with van der Waals surface area (Å²) in [7, 11) is 0. The molecule has 0 saturated heterocycles. The molecule has 2 aromatic heterocycles. The number of amides is 3. The summed E-state index contributed by atoms with van der Waals surface area (Å²) < 4.78 is 5.78. The van der Waals surface area contributed by atoms with Crippen LogP contribution in [0.15, 0.2) is 35.2 Å². The molecular formula is C17H15N3O4S2. The third kappa shape index (κ3) is 4.06. The minimum atomic E-state index is -0.830. The molecule has 26 heavy (non-hydrogen) atoms. The van der Waals surface area contributed by atoms with E-state index in [1.807, 2.05) is 0 Å². The highest BCUT2D eigenvalue weighted by Gasteiger charge is 2.19. The van der Waals surface area contributed by atoms with Crippen molar-refractivity contribution < 1.29 is 19.1 Å². The van der Waals surface area contributed by atoms with E-state index in [1.54, 1.807) is 42.9 Å². The van der Waals surface area contributed by atoms with Crippen molar-refractivity contribution in [3.63, 3.8) is 0 Å². The Bertz CT molecular complexity index is 977. The van der Waals surface area contributed by atoms with Crippen molar-refractivity contribution in [1.82, 2.24) is 10.3 Å². The number of fused-ring (bicyclic) bond motifs is 1. The van der Waals surface area contributed by atoms with Gasteiger partial charge in [-0.15, -0.1) is 22.7 Å². The number of carbonyl (C=O) groups is 3. The highest BCUT2D eigenvalue weighted by molar-refractivity contribution is 7.16. The van der Waals surface area contributed by atoms with Crippen molar-refractivity contribution in [2.75, 3.05) is 5.32 Å². The van der Waals surface area contributed by atoms with Gasteiger partial charge in [0.25, 0.3) is 11.8 Å². The van der Waals surface area contributed by atoms with E-state index >= 15 is 0 Å². The molecule has 2 heterocycles. The molecule has 3 amide bonds. The molecule has 0 aliphatic rings. The second-order valence-corrected chi connectivity index (χ2v) is 7.36. The van der Waals surface area contributed by atoms with Crippen LogP contribution in [0.4, 0.5) is 9.80 Å². The lowest BCUT2D eigenvalue weighted by Gasteiger charge is -2.09. The Labute approximate surface area is 157 Å². The van der Waals surface area contributed by atoms with Gasteiger partial charge in [0.2, 0.25) is 0 Å². The van der Waals surface area contributed by atoms with Gasteiger partial charge < -0.3 is 10.1 Å². The number of hydrogen-bond donors (Lipinski definition) is 2. The second-order valence-electron chi connectivity index (χ2n) is 5.56. The number of carbonyl (C=O) groups excluding carboxylic acids is 3. The highest BCUT2D eigenvalue weighted by Crippen LogP contribution is 2.25. The molecule has 0 atom stereocenters. The molecule has 134 valence electrons. The monoisotopic (exact) mass is 389 g/mol. The summed E-state index contributed by atoms with van der Waals surface area (Å²) in [4.78, 5) is 40.4. The van der Waals surface area contributed by atoms with E-state index in [9.17, 15) is 14.4 Å². The zero-order valence-electron chi connectivity index (χ0n) is 13.9. The largest absolute Gasteiger partial charge is 0.447 e. The maximum atomic E-state index is 12.5. The van der Waals surface area contributed by atoms with Crippen molar-refractivity contribution in [2.45, 2.75) is 20.0 Å². The summed E-state index contributed by atoms with van der Waals surface area (Å²) in [5.74, 6) is -0.980. The molecule has 0 radical (unpaired) electrons. The average molecular weight is 389 g/mol. The summed E-state index contributed by atoms with van der Waals surface area (Å²) in [6.07, 6.45) is -1.17. The van der Waals surface area contributed by atoms with Crippen LogP contribution in [0, 0.1) is 0 Å². The topological polar surface area (TPSA) is 97.4 Å². The fourth-order valence-corrected chi connectivity index (χ4v) is 3.66. The zero-order chi connectivity index (χ0) is 18.7. The first-order valence-electron chi connectivity index (χ1n) is 7.68. The van der Waals surface area contributed by atoms with Gasteiger partial charge >= 0.3 is 6.09 Å². The molecule has 7 nitrogen and oxygen atoms in total. The van der Waals surface area contributed by atoms with E-state index in [1.165, 1.54) is 28.7 Å². The lowest BCUT2D eigenvalue weighted by Crippen LogP contribution is -2.32. The molecule has 9 heteroatoms. The molecule has 3 rings (SSSR count). The number of aromatic nitrogens is 1. The van der Waals surface area contributed by atoms with Crippen molar-refractivity contribution in [3.05, 3.63) is 46.3 Å². The van der Waals surface area contributed by atoms with Gasteiger partial charge in [-0.3, -0.25) is 14.9 Å². The summed E-state index contributed by atoms with van der Waals surface area (Å²) in [5, 5.41) is 6.86. The van der Waals surface area contributed by atoms with Crippen LogP contribution in [0.3, 0.4) is 0 Å². The van der Waals surface area contributed by atoms with E-state index in [0.29, 0.717) is 10.6 Å². The lowest BCUT2D eigenvalue weighted by molar-refractivity contribution is 0.0877. The van der Waals surface area contributed by atoms with Gasteiger partial charge in [0.15, 0.2) is 0 Å². The van der Waals surface area contributed by atoms with Crippen LogP contribution < -0.4 is 10.6 Å². The first-order chi connectivity index (χ1) is 12.4. The van der Waals surface area contributed by atoms with E-state index in [-0.39, 0.29) is 17.6 Å². The van der Waals surface area contributed by atoms with Crippen LogP contribution in [0.5, 0.6) is 0 Å². The lowest BCUT2D eigenvalue weighted by atomic mass is 10.2. The van der Waals surface area contributed by atoms with Crippen LogP contribution in [-0.2, 0) is 4.74 Å². The molecule has 0 bridgehead atoms. The summed E-state index contributed by atoms with van der Waals surface area (Å²) >= 11 is 2.63. The number of imide groups is 1. The number of alkyl carbamates (subject to hydrolysis) is 1. The van der Waals surface area contributed by atoms with Crippen LogP contribution in [0.1, 0.15) is 34.6 Å². The fourth-order valence-electron chi connectivity index (χ4n) is 2.16. The van der Waals surface area contributed by atoms with Crippen molar-refractivity contribution in [3.8, 4) is 0 Å². The number of nitrogens with zero attached hydrogens (tertiary/aromatic N) is 1. The van der Waals surface area contributed by atoms with Crippen LogP contribution >= 0.6 is 22.7 Å². The normalized spacial score (nSPS) is 10.7. The van der Waals surface area contributed by atoms with Crippen LogP contribution in [0.25, 0.3) is 10.2 Å². The molecule has 0 aliphatic carbocycles. The summed E-state index contributed by atoms with van der Waals surface area (Å²) in [6.45, 7) is 3.36. The van der Waals surface area contributed by atoms with E-state index < -0.39 is 12.0 Å². The van der Waals surface area contributed by atoms with Gasteiger partial charge in [-0.2, -0.15) is 0 Å². The van der Waals surface area contributed by atoms with Crippen LogP contribution in [0.2, 0.25) is 0 Å². The minimum absolute atomic E-state index is 0.197. The smallest absolute Gasteiger partial charge is 0.414 e. The van der Waals surface area contributed by atoms with E-state index in [0.717, 1.165) is 10.2 Å². The first kappa shape index (κ1) is 18.0. The SMILES string of the molecule is CC(C)OC(=O)NC(=O)c1ccsc1NC(=O)c1ccc2ncsc2c1. The molecule has 0 aliphatic heterocycles. The molecule has 2 N–H and O–H groups in total. The molecule has 0 fully saturated rings. The number of nitrogens with one attached hydrogen (secondary N) is 2. The van der Waals surface area contributed by atoms with E-state index in [2.05, 4.69) is 15.6 Å². The fraction of sp³-hybridized carbons (Fsp3) is 0.176. The van der Waals surface area contributed by atoms with Crippen molar-refractivity contribution >= 4 is 55.8 Å². The Morgan fingerprint density at radius 1 is 1.12 bits per heavy atom. The van der Waals surface area contributed by atoms with Gasteiger partial charge in [0, 0.05) is 5.56 Å². The Morgan fingerprint density at radius 2 is 1.92 bits per heavy atom. The maximum absolute atomic E-state index is 12.5. The van der Waals surface area contributed by atoms with Gasteiger partial charge in [-0.25, -0.2) is 9.78 Å². The average Bonchev–Trinajstić information content (AvgIpc) is 3.21. The quantitative estimate of drug-likeness (QED) is 0.706. The summed E-state index contributed by atoms with van der Waals surface area (Å²) in [6, 6.07) is 6.72. The standard InChI is InChI=1S/C17H15N3O4S2/c1-9(2)24-17(23)20-15(22)11-5-6-25-16(11)19-14(21)10-3-4-12-13(7-10)26-8-18-12/h3-9H,1-2H3,(H,19,21)(H,20,22,23). The summed E-state index contributed by atoms with van der Waals surface area (Å²) in [5.41, 5.74) is 3.19. The number of thiazole rings is 1. The Kier molecular flexibility index (Phi) is 5.29. The Morgan fingerprint density at radius 3 is 2.69 bits per heavy atom.